The minimum Gasteiger partial charge on any atom is -0.235 e. The maximum Gasteiger partial charge on any atom is 0.314 e. The molecule has 0 fully saturated rings. The summed E-state index contributed by atoms with van der Waals surface area (Å²) < 4.78 is 0. The first-order valence-corrected chi connectivity index (χ1v) is 9.40. The monoisotopic (exact) mass is 347 g/mol. The summed E-state index contributed by atoms with van der Waals surface area (Å²) in [5.41, 5.74) is 6.01. The average molecular weight is 348 g/mol. The molecule has 0 aliphatic heterocycles. The molecule has 3 aromatic carbocycles. The normalized spacial score (nSPS) is 11.4. The molecule has 0 saturated carbocycles. The fourth-order valence-electron chi connectivity index (χ4n) is 2.50. The molecular formula is C22H23N2S+. The Bertz CT molecular complexity index is 857. The lowest BCUT2D eigenvalue weighted by molar-refractivity contribution is -0.350. The Kier molecular flexibility index (Phi) is 5.91. The lowest BCUT2D eigenvalue weighted by Crippen LogP contribution is -2.68. The van der Waals surface area contributed by atoms with Gasteiger partial charge in [0.05, 0.1) is 0 Å². The van der Waals surface area contributed by atoms with Crippen molar-refractivity contribution in [2.75, 3.05) is 5.32 Å². The van der Waals surface area contributed by atoms with Gasteiger partial charge in [-0.2, -0.15) is 0 Å². The smallest absolute Gasteiger partial charge is 0.235 e. The predicted molar refractivity (Wildman–Crippen MR) is 109 cm³/mol. The highest BCUT2D eigenvalue weighted by Gasteiger charge is 2.12. The molecule has 126 valence electrons. The van der Waals surface area contributed by atoms with Gasteiger partial charge in [0.25, 0.3) is 0 Å². The molecule has 3 heteroatoms. The molecule has 0 atom stereocenters. The van der Waals surface area contributed by atoms with E-state index in [0.29, 0.717) is 0 Å². The van der Waals surface area contributed by atoms with Crippen LogP contribution in [0.4, 0.5) is 11.4 Å². The number of hydrogen-bond acceptors (Lipinski definition) is 1. The standard InChI is InChI=1S/C22H22N2S/c1-17-10-6-8-14-20(17)23-22(24-21-15-9-7-11-18(21)2)25-16-19-12-4-3-5-13-19/h3-15H,16H2,1-2H3,(H,23,24)/p+1. The summed E-state index contributed by atoms with van der Waals surface area (Å²) in [5.74, 6) is 0.911. The zero-order valence-electron chi connectivity index (χ0n) is 14.6. The van der Waals surface area contributed by atoms with Crippen LogP contribution in [0.3, 0.4) is 0 Å². The van der Waals surface area contributed by atoms with Gasteiger partial charge in [-0.1, -0.05) is 66.7 Å². The summed E-state index contributed by atoms with van der Waals surface area (Å²) in [6.45, 7) is 4.24. The van der Waals surface area contributed by atoms with Crippen LogP contribution in [0.15, 0.2) is 78.9 Å². The molecule has 0 aliphatic rings. The van der Waals surface area contributed by atoms with Crippen LogP contribution in [-0.4, -0.2) is 5.17 Å². The van der Waals surface area contributed by atoms with E-state index in [0.717, 1.165) is 22.3 Å². The van der Waals surface area contributed by atoms with Crippen molar-refractivity contribution in [3.63, 3.8) is 0 Å². The van der Waals surface area contributed by atoms with Crippen molar-refractivity contribution in [3.8, 4) is 0 Å². The summed E-state index contributed by atoms with van der Waals surface area (Å²) in [5, 5.41) is 4.60. The third kappa shape index (κ3) is 4.97. The summed E-state index contributed by atoms with van der Waals surface area (Å²) in [4.78, 5) is 3.56. The van der Waals surface area contributed by atoms with E-state index in [1.807, 2.05) is 0 Å². The Labute approximate surface area is 154 Å². The van der Waals surface area contributed by atoms with Gasteiger partial charge < -0.3 is 0 Å². The fourth-order valence-corrected chi connectivity index (χ4v) is 3.37. The lowest BCUT2D eigenvalue weighted by Gasteiger charge is -2.07. The summed E-state index contributed by atoms with van der Waals surface area (Å²) in [7, 11) is 0. The Hall–Kier alpha value is -2.52. The second kappa shape index (κ2) is 8.54. The van der Waals surface area contributed by atoms with E-state index in [9.17, 15) is 0 Å². The van der Waals surface area contributed by atoms with Crippen LogP contribution in [-0.2, 0) is 5.75 Å². The minimum atomic E-state index is 0.911. The molecule has 0 saturated heterocycles. The van der Waals surface area contributed by atoms with Gasteiger partial charge in [-0.15, -0.1) is 0 Å². The molecule has 0 heterocycles. The molecule has 2 nitrogen and oxygen atoms in total. The van der Waals surface area contributed by atoms with Gasteiger partial charge in [-0.25, -0.2) is 10.3 Å². The third-order valence-electron chi connectivity index (χ3n) is 4.01. The van der Waals surface area contributed by atoms with Crippen molar-refractivity contribution in [1.82, 2.24) is 0 Å². The Morgan fingerprint density at radius 1 is 0.800 bits per heavy atom. The molecule has 3 rings (SSSR count). The van der Waals surface area contributed by atoms with Gasteiger partial charge >= 0.3 is 5.17 Å². The number of anilines is 1. The molecule has 0 amide bonds. The SMILES string of the molecule is Cc1ccccc1NC(=[NH+]c1ccccc1C)SCc1ccccc1. The molecule has 25 heavy (non-hydrogen) atoms. The van der Waals surface area contributed by atoms with Crippen LogP contribution in [0.5, 0.6) is 0 Å². The maximum atomic E-state index is 3.56. The molecule has 0 aromatic heterocycles. The second-order valence-corrected chi connectivity index (χ2v) is 6.97. The first kappa shape index (κ1) is 17.3. The Morgan fingerprint density at radius 2 is 1.44 bits per heavy atom. The molecular weight excluding hydrogens is 324 g/mol. The lowest BCUT2D eigenvalue weighted by atomic mass is 10.2. The fraction of sp³-hybridized carbons (Fsp3) is 0.136. The zero-order valence-corrected chi connectivity index (χ0v) is 15.4. The van der Waals surface area contributed by atoms with Crippen LogP contribution < -0.4 is 10.3 Å². The number of nitrogens with one attached hydrogen (secondary N) is 2. The summed E-state index contributed by atoms with van der Waals surface area (Å²) in [6.07, 6.45) is 0. The van der Waals surface area contributed by atoms with Gasteiger partial charge in [0.15, 0.2) is 0 Å². The Balaban J connectivity index is 1.85. The molecule has 2 N–H and O–H groups in total. The van der Waals surface area contributed by atoms with Crippen LogP contribution in [0.25, 0.3) is 0 Å². The van der Waals surface area contributed by atoms with Gasteiger partial charge in [0.1, 0.15) is 11.4 Å². The van der Waals surface area contributed by atoms with Crippen molar-refractivity contribution in [2.24, 2.45) is 0 Å². The van der Waals surface area contributed by atoms with Gasteiger partial charge in [0, 0.05) is 5.75 Å². The number of thioether (sulfide) groups is 1. The van der Waals surface area contributed by atoms with Crippen molar-refractivity contribution in [1.29, 1.82) is 0 Å². The average Bonchev–Trinajstić information content (AvgIpc) is 2.64. The molecule has 0 aliphatic carbocycles. The predicted octanol–water partition coefficient (Wildman–Crippen LogP) is 4.42. The minimum absolute atomic E-state index is 0.911. The highest BCUT2D eigenvalue weighted by atomic mass is 32.2. The molecule has 0 bridgehead atoms. The maximum absolute atomic E-state index is 3.56. The summed E-state index contributed by atoms with van der Waals surface area (Å²) in [6, 6.07) is 27.2. The van der Waals surface area contributed by atoms with Crippen LogP contribution in [0.1, 0.15) is 16.7 Å². The highest BCUT2D eigenvalue weighted by Crippen LogP contribution is 2.18. The van der Waals surface area contributed by atoms with E-state index in [1.165, 1.54) is 16.7 Å². The van der Waals surface area contributed by atoms with Crippen molar-refractivity contribution < 1.29 is 4.99 Å². The number of para-hydroxylation sites is 2. The van der Waals surface area contributed by atoms with Crippen molar-refractivity contribution >= 4 is 28.3 Å². The molecule has 0 radical (unpaired) electrons. The first-order chi connectivity index (χ1) is 12.2. The van der Waals surface area contributed by atoms with E-state index in [4.69, 9.17) is 0 Å². The first-order valence-electron chi connectivity index (χ1n) is 8.41. The molecule has 0 spiro atoms. The molecule has 3 aromatic rings. The van der Waals surface area contributed by atoms with E-state index in [1.54, 1.807) is 11.8 Å². The Morgan fingerprint density at radius 3 is 2.16 bits per heavy atom. The van der Waals surface area contributed by atoms with E-state index < -0.39 is 0 Å². The highest BCUT2D eigenvalue weighted by molar-refractivity contribution is 8.13. The number of benzene rings is 3. The summed E-state index contributed by atoms with van der Waals surface area (Å²) >= 11 is 1.78. The zero-order chi connectivity index (χ0) is 17.5. The van der Waals surface area contributed by atoms with Crippen molar-refractivity contribution in [2.45, 2.75) is 19.6 Å². The van der Waals surface area contributed by atoms with Gasteiger partial charge in [-0.05, 0) is 54.4 Å². The van der Waals surface area contributed by atoms with E-state index in [-0.39, 0.29) is 0 Å². The van der Waals surface area contributed by atoms with Gasteiger partial charge in [0.2, 0.25) is 0 Å². The number of amidine groups is 1. The van der Waals surface area contributed by atoms with Crippen LogP contribution in [0.2, 0.25) is 0 Å². The number of rotatable bonds is 4. The van der Waals surface area contributed by atoms with Gasteiger partial charge in [-0.3, -0.25) is 0 Å². The number of aryl methyl sites for hydroxylation is 2. The van der Waals surface area contributed by atoms with Crippen LogP contribution in [0, 0.1) is 13.8 Å². The van der Waals surface area contributed by atoms with Crippen LogP contribution >= 0.6 is 11.8 Å². The largest absolute Gasteiger partial charge is 0.314 e. The van der Waals surface area contributed by atoms with E-state index in [2.05, 4.69) is 103 Å². The quantitative estimate of drug-likeness (QED) is 0.540. The molecule has 0 unspecified atom stereocenters. The second-order valence-electron chi connectivity index (χ2n) is 5.98. The third-order valence-corrected chi connectivity index (χ3v) is 4.98. The van der Waals surface area contributed by atoms with E-state index >= 15 is 0 Å². The number of hydrogen-bond donors (Lipinski definition) is 2. The van der Waals surface area contributed by atoms with Crippen molar-refractivity contribution in [3.05, 3.63) is 95.6 Å². The topological polar surface area (TPSA) is 26.0 Å².